The number of aliphatic hydroxyl groups is 1. The zero-order chi connectivity index (χ0) is 21.3. The molecule has 1 aliphatic heterocycles. The van der Waals surface area contributed by atoms with Crippen molar-refractivity contribution in [1.82, 2.24) is 20.1 Å². The van der Waals surface area contributed by atoms with E-state index in [0.29, 0.717) is 24.3 Å². The predicted octanol–water partition coefficient (Wildman–Crippen LogP) is 1.58. The van der Waals surface area contributed by atoms with E-state index in [-0.39, 0.29) is 36.2 Å². The van der Waals surface area contributed by atoms with Crippen LogP contribution in [0.15, 0.2) is 30.6 Å². The van der Waals surface area contributed by atoms with Crippen molar-refractivity contribution in [1.29, 1.82) is 0 Å². The highest BCUT2D eigenvalue weighted by atomic mass is 19.1. The second kappa shape index (κ2) is 8.20. The molecule has 0 radical (unpaired) electrons. The molecular formula is C19H20F2N6O3. The van der Waals surface area contributed by atoms with Gasteiger partial charge < -0.3 is 15.7 Å². The Balaban J connectivity index is 1.69. The molecule has 0 spiro atoms. The van der Waals surface area contributed by atoms with Gasteiger partial charge in [-0.3, -0.25) is 9.63 Å². The van der Waals surface area contributed by atoms with Gasteiger partial charge >= 0.3 is 0 Å². The molecule has 2 aromatic heterocycles. The van der Waals surface area contributed by atoms with E-state index in [1.807, 2.05) is 4.90 Å². The third-order valence-corrected chi connectivity index (χ3v) is 4.99. The molecule has 3 heterocycles. The number of aliphatic hydroxyl groups excluding tert-OH is 1. The zero-order valence-corrected chi connectivity index (χ0v) is 15.9. The lowest BCUT2D eigenvalue weighted by Crippen LogP contribution is -2.26. The summed E-state index contributed by atoms with van der Waals surface area (Å²) in [6.45, 7) is 0.256. The fourth-order valence-corrected chi connectivity index (χ4v) is 3.70. The van der Waals surface area contributed by atoms with E-state index in [1.54, 1.807) is 6.07 Å². The summed E-state index contributed by atoms with van der Waals surface area (Å²) in [6.07, 6.45) is 2.82. The van der Waals surface area contributed by atoms with Gasteiger partial charge in [-0.2, -0.15) is 0 Å². The lowest BCUT2D eigenvalue weighted by molar-refractivity contribution is 0.0170. The van der Waals surface area contributed by atoms with Gasteiger partial charge in [0.25, 0.3) is 5.91 Å². The quantitative estimate of drug-likeness (QED) is 0.411. The molecule has 11 heteroatoms. The summed E-state index contributed by atoms with van der Waals surface area (Å²) in [7, 11) is 0. The Hall–Kier alpha value is -3.31. The van der Waals surface area contributed by atoms with E-state index in [0.717, 1.165) is 18.6 Å². The van der Waals surface area contributed by atoms with Crippen LogP contribution in [0.1, 0.15) is 34.8 Å². The third-order valence-electron chi connectivity index (χ3n) is 4.99. The minimum Gasteiger partial charge on any atom is -0.394 e. The number of nitrogens with one attached hydrogen (secondary N) is 1. The highest BCUT2D eigenvalue weighted by Crippen LogP contribution is 2.37. The Morgan fingerprint density at radius 1 is 1.37 bits per heavy atom. The number of carbonyl (C=O) groups is 1. The largest absolute Gasteiger partial charge is 0.394 e. The van der Waals surface area contributed by atoms with E-state index in [2.05, 4.69) is 15.6 Å². The molecule has 1 amide bonds. The smallest absolute Gasteiger partial charge is 0.280 e. The molecule has 3 aromatic rings. The number of halogens is 2. The number of aromatic nitrogens is 3. The SMILES string of the molecule is Nc1nn2cnc(N3CCC[C@@H]3c3cc(F)ccc3F)cc2c1C(=O)NOCCO. The first kappa shape index (κ1) is 20.0. The van der Waals surface area contributed by atoms with Gasteiger partial charge in [0.15, 0.2) is 5.82 Å². The molecule has 0 aliphatic carbocycles. The third kappa shape index (κ3) is 3.64. The van der Waals surface area contributed by atoms with Crippen LogP contribution in [0.5, 0.6) is 0 Å². The highest BCUT2D eigenvalue weighted by Gasteiger charge is 2.30. The molecule has 1 aromatic carbocycles. The molecule has 158 valence electrons. The number of hydroxylamine groups is 1. The van der Waals surface area contributed by atoms with Crippen LogP contribution < -0.4 is 16.1 Å². The van der Waals surface area contributed by atoms with E-state index >= 15 is 0 Å². The Kier molecular flexibility index (Phi) is 5.46. The van der Waals surface area contributed by atoms with Crippen LogP contribution in [0, 0.1) is 11.6 Å². The van der Waals surface area contributed by atoms with Crippen molar-refractivity contribution >= 4 is 23.1 Å². The number of rotatable bonds is 6. The minimum atomic E-state index is -0.623. The van der Waals surface area contributed by atoms with Gasteiger partial charge in [-0.25, -0.2) is 23.8 Å². The molecule has 1 aliphatic rings. The lowest BCUT2D eigenvalue weighted by atomic mass is 10.0. The number of nitrogens with zero attached hydrogens (tertiary/aromatic N) is 4. The van der Waals surface area contributed by atoms with Gasteiger partial charge in [0.1, 0.15) is 29.3 Å². The van der Waals surface area contributed by atoms with Crippen LogP contribution in [0.4, 0.5) is 20.4 Å². The molecule has 1 saturated heterocycles. The van der Waals surface area contributed by atoms with Crippen LogP contribution in [-0.4, -0.2) is 45.4 Å². The van der Waals surface area contributed by atoms with Gasteiger partial charge in [-0.05, 0) is 31.0 Å². The molecule has 0 unspecified atom stereocenters. The number of hydrogen-bond acceptors (Lipinski definition) is 7. The number of fused-ring (bicyclic) bond motifs is 1. The summed E-state index contributed by atoms with van der Waals surface area (Å²) in [5.41, 5.74) is 8.82. The van der Waals surface area contributed by atoms with Crippen LogP contribution in [-0.2, 0) is 4.84 Å². The maximum absolute atomic E-state index is 14.4. The average Bonchev–Trinajstić information content (AvgIpc) is 3.33. The fourth-order valence-electron chi connectivity index (χ4n) is 3.70. The number of nitrogens with two attached hydrogens (primary N) is 1. The molecule has 0 bridgehead atoms. The van der Waals surface area contributed by atoms with Gasteiger partial charge in [0, 0.05) is 18.2 Å². The first-order chi connectivity index (χ1) is 14.5. The Morgan fingerprint density at radius 3 is 3.00 bits per heavy atom. The van der Waals surface area contributed by atoms with Crippen LogP contribution in [0.25, 0.3) is 5.52 Å². The standard InChI is InChI=1S/C19H20F2N6O3/c20-11-3-4-13(21)12(8-11)14-2-1-5-26(14)16-9-15-17(19(29)25-30-7-6-28)18(22)24-27(15)10-23-16/h3-4,8-10,14,28H,1-2,5-7H2,(H2,22,24)(H,25,29)/t14-/m1/s1. The van der Waals surface area contributed by atoms with Crippen LogP contribution in [0.3, 0.4) is 0 Å². The Labute approximate surface area is 170 Å². The first-order valence-electron chi connectivity index (χ1n) is 9.38. The van der Waals surface area contributed by atoms with E-state index in [4.69, 9.17) is 15.7 Å². The van der Waals surface area contributed by atoms with Crippen molar-refractivity contribution in [3.63, 3.8) is 0 Å². The molecule has 30 heavy (non-hydrogen) atoms. The lowest BCUT2D eigenvalue weighted by Gasteiger charge is -2.26. The highest BCUT2D eigenvalue weighted by molar-refractivity contribution is 6.04. The summed E-state index contributed by atoms with van der Waals surface area (Å²) >= 11 is 0. The number of carbonyl (C=O) groups excluding carboxylic acids is 1. The maximum atomic E-state index is 14.4. The monoisotopic (exact) mass is 418 g/mol. The number of amides is 1. The van der Waals surface area contributed by atoms with Crippen molar-refractivity contribution < 1.29 is 23.5 Å². The second-order valence-corrected chi connectivity index (χ2v) is 6.86. The number of nitrogen functional groups attached to an aromatic ring is 1. The van der Waals surface area contributed by atoms with Gasteiger partial charge in [0.2, 0.25) is 0 Å². The molecule has 9 nitrogen and oxygen atoms in total. The van der Waals surface area contributed by atoms with Crippen LogP contribution >= 0.6 is 0 Å². The second-order valence-electron chi connectivity index (χ2n) is 6.86. The van der Waals surface area contributed by atoms with Crippen molar-refractivity contribution in [3.8, 4) is 0 Å². The Morgan fingerprint density at radius 2 is 2.20 bits per heavy atom. The Bertz CT molecular complexity index is 1090. The van der Waals surface area contributed by atoms with Crippen molar-refractivity contribution in [2.75, 3.05) is 30.4 Å². The normalized spacial score (nSPS) is 16.4. The summed E-state index contributed by atoms with van der Waals surface area (Å²) in [5.74, 6) is -1.15. The van der Waals surface area contributed by atoms with E-state index in [9.17, 15) is 13.6 Å². The molecule has 0 saturated carbocycles. The molecular weight excluding hydrogens is 398 g/mol. The average molecular weight is 418 g/mol. The van der Waals surface area contributed by atoms with E-state index in [1.165, 1.54) is 16.9 Å². The van der Waals surface area contributed by atoms with Crippen molar-refractivity contribution in [3.05, 3.63) is 53.4 Å². The summed E-state index contributed by atoms with van der Waals surface area (Å²) in [5, 5.41) is 12.8. The molecule has 4 rings (SSSR count). The van der Waals surface area contributed by atoms with E-state index < -0.39 is 17.5 Å². The summed E-state index contributed by atoms with van der Waals surface area (Å²) in [6, 6.07) is 4.64. The summed E-state index contributed by atoms with van der Waals surface area (Å²) < 4.78 is 29.4. The molecule has 1 atom stereocenters. The first-order valence-corrected chi connectivity index (χ1v) is 9.38. The number of hydrogen-bond donors (Lipinski definition) is 3. The van der Waals surface area contributed by atoms with Crippen molar-refractivity contribution in [2.45, 2.75) is 18.9 Å². The van der Waals surface area contributed by atoms with Gasteiger partial charge in [-0.15, -0.1) is 5.10 Å². The topological polar surface area (TPSA) is 118 Å². The van der Waals surface area contributed by atoms with Gasteiger partial charge in [-0.1, -0.05) is 0 Å². The van der Waals surface area contributed by atoms with Crippen LogP contribution in [0.2, 0.25) is 0 Å². The predicted molar refractivity (Wildman–Crippen MR) is 104 cm³/mol. The zero-order valence-electron chi connectivity index (χ0n) is 15.9. The fraction of sp³-hybridized carbons (Fsp3) is 0.316. The minimum absolute atomic E-state index is 0.0202. The molecule has 4 N–H and O–H groups in total. The summed E-state index contributed by atoms with van der Waals surface area (Å²) in [4.78, 5) is 23.5. The number of anilines is 2. The van der Waals surface area contributed by atoms with Crippen molar-refractivity contribution in [2.24, 2.45) is 0 Å². The maximum Gasteiger partial charge on any atom is 0.280 e. The number of benzene rings is 1. The van der Waals surface area contributed by atoms with Gasteiger partial charge in [0.05, 0.1) is 24.8 Å². The molecule has 1 fully saturated rings.